The van der Waals surface area contributed by atoms with E-state index in [1.807, 2.05) is 12.1 Å². The van der Waals surface area contributed by atoms with Gasteiger partial charge in [-0.25, -0.2) is 4.79 Å². The first-order valence-corrected chi connectivity index (χ1v) is 7.33. The zero-order chi connectivity index (χ0) is 13.8. The number of hydrogen-bond acceptors (Lipinski definition) is 2. The number of carboxylic acid groups (broad SMARTS) is 1. The van der Waals surface area contributed by atoms with Crippen LogP contribution in [0.2, 0.25) is 0 Å². The molecule has 1 aliphatic heterocycles. The van der Waals surface area contributed by atoms with Gasteiger partial charge in [-0.05, 0) is 56.0 Å². The fourth-order valence-electron chi connectivity index (χ4n) is 2.36. The van der Waals surface area contributed by atoms with Crippen LogP contribution in [0.1, 0.15) is 31.7 Å². The third kappa shape index (κ3) is 3.60. The summed E-state index contributed by atoms with van der Waals surface area (Å²) < 4.78 is 0.970. The van der Waals surface area contributed by atoms with Crippen LogP contribution in [-0.2, 0) is 4.79 Å². The Morgan fingerprint density at radius 2 is 2.00 bits per heavy atom. The average molecular weight is 324 g/mol. The number of carbonyl (C=O) groups is 1. The Morgan fingerprint density at radius 1 is 1.32 bits per heavy atom. The molecular weight excluding hydrogens is 306 g/mol. The third-order valence-corrected chi connectivity index (χ3v) is 3.89. The van der Waals surface area contributed by atoms with Gasteiger partial charge in [-0.3, -0.25) is 0 Å². The van der Waals surface area contributed by atoms with Crippen LogP contribution >= 0.6 is 15.9 Å². The number of hydrogen-bond donors (Lipinski definition) is 1. The van der Waals surface area contributed by atoms with Gasteiger partial charge < -0.3 is 10.0 Å². The minimum atomic E-state index is -0.871. The highest BCUT2D eigenvalue weighted by molar-refractivity contribution is 9.10. The minimum Gasteiger partial charge on any atom is -0.478 e. The molecule has 0 atom stereocenters. The van der Waals surface area contributed by atoms with Crippen LogP contribution in [0, 0.1) is 0 Å². The van der Waals surface area contributed by atoms with E-state index in [4.69, 9.17) is 5.11 Å². The number of benzene rings is 1. The van der Waals surface area contributed by atoms with Crippen LogP contribution in [0.4, 0.5) is 5.69 Å². The molecule has 1 aromatic carbocycles. The first-order chi connectivity index (χ1) is 9.08. The van der Waals surface area contributed by atoms with E-state index in [1.165, 1.54) is 19.3 Å². The maximum absolute atomic E-state index is 11.0. The average Bonchev–Trinajstić information content (AvgIpc) is 2.39. The van der Waals surface area contributed by atoms with Gasteiger partial charge in [0, 0.05) is 28.8 Å². The van der Waals surface area contributed by atoms with Crippen molar-refractivity contribution in [3.8, 4) is 0 Å². The second-order valence-corrected chi connectivity index (χ2v) is 5.80. The smallest absolute Gasteiger partial charge is 0.331 e. The summed E-state index contributed by atoms with van der Waals surface area (Å²) in [6, 6.07) is 6.06. The molecule has 1 saturated heterocycles. The topological polar surface area (TPSA) is 40.5 Å². The van der Waals surface area contributed by atoms with Gasteiger partial charge in [-0.2, -0.15) is 0 Å². The lowest BCUT2D eigenvalue weighted by atomic mass is 10.1. The number of rotatable bonds is 3. The molecule has 19 heavy (non-hydrogen) atoms. The molecule has 1 aliphatic rings. The first-order valence-electron chi connectivity index (χ1n) is 6.54. The molecule has 0 radical (unpaired) electrons. The molecule has 0 aromatic heterocycles. The van der Waals surface area contributed by atoms with Crippen LogP contribution in [0.5, 0.6) is 0 Å². The Kier molecular flexibility index (Phi) is 4.64. The van der Waals surface area contributed by atoms with Crippen LogP contribution in [0.15, 0.2) is 28.2 Å². The molecule has 3 nitrogen and oxygen atoms in total. The molecule has 1 aromatic rings. The van der Waals surface area contributed by atoms with Gasteiger partial charge in [0.05, 0.1) is 0 Å². The van der Waals surface area contributed by atoms with Crippen LogP contribution in [-0.4, -0.2) is 24.2 Å². The molecule has 0 amide bonds. The number of carboxylic acids is 1. The lowest BCUT2D eigenvalue weighted by molar-refractivity contribution is -0.132. The molecule has 0 bridgehead atoms. The van der Waals surface area contributed by atoms with E-state index in [0.29, 0.717) is 5.57 Å². The molecule has 102 valence electrons. The Bertz CT molecular complexity index is 505. The Labute approximate surface area is 122 Å². The van der Waals surface area contributed by atoms with Gasteiger partial charge in [-0.15, -0.1) is 0 Å². The molecule has 4 heteroatoms. The van der Waals surface area contributed by atoms with E-state index in [9.17, 15) is 4.79 Å². The Hall–Kier alpha value is -1.29. The lowest BCUT2D eigenvalue weighted by Gasteiger charge is -2.30. The van der Waals surface area contributed by atoms with Crippen LogP contribution < -0.4 is 4.90 Å². The monoisotopic (exact) mass is 323 g/mol. The van der Waals surface area contributed by atoms with Gasteiger partial charge >= 0.3 is 5.97 Å². The summed E-state index contributed by atoms with van der Waals surface area (Å²) in [4.78, 5) is 13.3. The molecule has 1 N–H and O–H groups in total. The van der Waals surface area contributed by atoms with E-state index in [-0.39, 0.29) is 0 Å². The third-order valence-electron chi connectivity index (χ3n) is 3.40. The molecule has 1 heterocycles. The second kappa shape index (κ2) is 6.24. The number of aliphatic carboxylic acids is 1. The quantitative estimate of drug-likeness (QED) is 0.857. The molecule has 0 aliphatic carbocycles. The van der Waals surface area contributed by atoms with E-state index in [0.717, 1.165) is 28.8 Å². The normalized spacial score (nSPS) is 16.5. The summed E-state index contributed by atoms with van der Waals surface area (Å²) in [6.07, 6.45) is 5.44. The van der Waals surface area contributed by atoms with Crippen molar-refractivity contribution >= 4 is 33.7 Å². The molecular formula is C15H18BrNO2. The highest BCUT2D eigenvalue weighted by Crippen LogP contribution is 2.29. The first kappa shape index (κ1) is 14.1. The van der Waals surface area contributed by atoms with Crippen molar-refractivity contribution in [1.29, 1.82) is 0 Å². The van der Waals surface area contributed by atoms with Crippen molar-refractivity contribution < 1.29 is 9.90 Å². The Morgan fingerprint density at radius 3 is 2.63 bits per heavy atom. The van der Waals surface area contributed by atoms with Crippen molar-refractivity contribution in [2.45, 2.75) is 26.2 Å². The van der Waals surface area contributed by atoms with Crippen molar-refractivity contribution in [3.05, 3.63) is 33.8 Å². The van der Waals surface area contributed by atoms with Gasteiger partial charge in [0.1, 0.15) is 0 Å². The van der Waals surface area contributed by atoms with Gasteiger partial charge in [0.25, 0.3) is 0 Å². The number of anilines is 1. The highest BCUT2D eigenvalue weighted by Gasteiger charge is 2.14. The van der Waals surface area contributed by atoms with E-state index in [1.54, 1.807) is 13.0 Å². The predicted octanol–water partition coefficient (Wildman–Crippen LogP) is 3.93. The zero-order valence-corrected chi connectivity index (χ0v) is 12.6. The van der Waals surface area contributed by atoms with Crippen molar-refractivity contribution in [1.82, 2.24) is 0 Å². The van der Waals surface area contributed by atoms with Crippen LogP contribution in [0.25, 0.3) is 6.08 Å². The summed E-state index contributed by atoms with van der Waals surface area (Å²) in [6.45, 7) is 3.73. The summed E-state index contributed by atoms with van der Waals surface area (Å²) in [5.41, 5.74) is 2.45. The van der Waals surface area contributed by atoms with E-state index >= 15 is 0 Å². The molecule has 0 saturated carbocycles. The molecule has 2 rings (SSSR count). The predicted molar refractivity (Wildman–Crippen MR) is 81.5 cm³/mol. The number of nitrogens with zero attached hydrogens (tertiary/aromatic N) is 1. The zero-order valence-electron chi connectivity index (χ0n) is 11.0. The molecule has 0 spiro atoms. The van der Waals surface area contributed by atoms with Crippen molar-refractivity contribution in [3.63, 3.8) is 0 Å². The maximum atomic E-state index is 11.0. The van der Waals surface area contributed by atoms with Crippen molar-refractivity contribution in [2.24, 2.45) is 0 Å². The number of piperidine rings is 1. The van der Waals surface area contributed by atoms with E-state index in [2.05, 4.69) is 26.9 Å². The van der Waals surface area contributed by atoms with Crippen molar-refractivity contribution in [2.75, 3.05) is 18.0 Å². The second-order valence-electron chi connectivity index (χ2n) is 4.88. The number of halogens is 1. The van der Waals surface area contributed by atoms with Crippen LogP contribution in [0.3, 0.4) is 0 Å². The Balaban J connectivity index is 2.37. The summed E-state index contributed by atoms with van der Waals surface area (Å²) in [5, 5.41) is 9.02. The fraction of sp³-hybridized carbons (Fsp3) is 0.400. The SMILES string of the molecule is CC(=Cc1cc(Br)ccc1N1CCCCC1)C(=O)O. The molecule has 1 fully saturated rings. The highest BCUT2D eigenvalue weighted by atomic mass is 79.9. The summed E-state index contributed by atoms with van der Waals surface area (Å²) >= 11 is 3.45. The van der Waals surface area contributed by atoms with Gasteiger partial charge in [-0.1, -0.05) is 15.9 Å². The standard InChI is InChI=1S/C15H18BrNO2/c1-11(15(18)19)9-12-10-13(16)5-6-14(12)17-7-3-2-4-8-17/h5-6,9-10H,2-4,7-8H2,1H3,(H,18,19). The summed E-state index contributed by atoms with van der Waals surface area (Å²) in [5.74, 6) is -0.871. The maximum Gasteiger partial charge on any atom is 0.331 e. The largest absolute Gasteiger partial charge is 0.478 e. The summed E-state index contributed by atoms with van der Waals surface area (Å²) in [7, 11) is 0. The lowest BCUT2D eigenvalue weighted by Crippen LogP contribution is -2.29. The fourth-order valence-corrected chi connectivity index (χ4v) is 2.74. The molecule has 0 unspecified atom stereocenters. The van der Waals surface area contributed by atoms with Gasteiger partial charge in [0.15, 0.2) is 0 Å². The minimum absolute atomic E-state index is 0.358. The van der Waals surface area contributed by atoms with Gasteiger partial charge in [0.2, 0.25) is 0 Å². The van der Waals surface area contributed by atoms with E-state index < -0.39 is 5.97 Å².